The van der Waals surface area contributed by atoms with Gasteiger partial charge in [0.05, 0.1) is 5.25 Å². The molecule has 1 unspecified atom stereocenters. The summed E-state index contributed by atoms with van der Waals surface area (Å²) in [5.41, 5.74) is 5.41. The zero-order valence-corrected chi connectivity index (χ0v) is 10.5. The van der Waals surface area contributed by atoms with E-state index >= 15 is 0 Å². The highest BCUT2D eigenvalue weighted by molar-refractivity contribution is 7.89. The average Bonchev–Trinajstić information content (AvgIpc) is 2.28. The van der Waals surface area contributed by atoms with Crippen LogP contribution in [0.1, 0.15) is 33.1 Å². The number of nitrogens with zero attached hydrogens (tertiary/aromatic N) is 1. The van der Waals surface area contributed by atoms with Crippen LogP contribution in [0.25, 0.3) is 0 Å². The van der Waals surface area contributed by atoms with E-state index in [9.17, 15) is 8.42 Å². The van der Waals surface area contributed by atoms with Crippen molar-refractivity contribution in [3.05, 3.63) is 0 Å². The lowest BCUT2D eigenvalue weighted by atomic mass is 9.96. The molecule has 0 amide bonds. The lowest BCUT2D eigenvalue weighted by Crippen LogP contribution is -2.44. The predicted octanol–water partition coefficient (Wildman–Crippen LogP) is 0.785. The summed E-state index contributed by atoms with van der Waals surface area (Å²) >= 11 is 0. The van der Waals surface area contributed by atoms with Crippen LogP contribution in [0.5, 0.6) is 0 Å². The SMILES string of the molecule is CCC1CCN(S(=O)(=O)C(C)CN)CC1. The van der Waals surface area contributed by atoms with Crippen molar-refractivity contribution in [1.82, 2.24) is 4.31 Å². The molecule has 90 valence electrons. The van der Waals surface area contributed by atoms with Gasteiger partial charge in [-0.3, -0.25) is 0 Å². The van der Waals surface area contributed by atoms with E-state index in [1.807, 2.05) is 0 Å². The summed E-state index contributed by atoms with van der Waals surface area (Å²) in [6.45, 7) is 5.39. The molecule has 0 radical (unpaired) electrons. The van der Waals surface area contributed by atoms with E-state index in [1.54, 1.807) is 11.2 Å². The Morgan fingerprint density at radius 2 is 1.93 bits per heavy atom. The van der Waals surface area contributed by atoms with Gasteiger partial charge >= 0.3 is 0 Å². The molecule has 0 aromatic heterocycles. The molecule has 4 nitrogen and oxygen atoms in total. The maximum Gasteiger partial charge on any atom is 0.217 e. The Balaban J connectivity index is 2.60. The van der Waals surface area contributed by atoms with Gasteiger partial charge in [-0.25, -0.2) is 12.7 Å². The molecule has 1 heterocycles. The fourth-order valence-corrected chi connectivity index (χ4v) is 3.42. The molecule has 1 aliphatic heterocycles. The highest BCUT2D eigenvalue weighted by Gasteiger charge is 2.30. The van der Waals surface area contributed by atoms with Crippen LogP contribution >= 0.6 is 0 Å². The normalized spacial score (nSPS) is 22.9. The number of hydrogen-bond acceptors (Lipinski definition) is 3. The molecule has 0 saturated carbocycles. The van der Waals surface area contributed by atoms with Gasteiger partial charge in [-0.15, -0.1) is 0 Å². The molecular weight excluding hydrogens is 212 g/mol. The number of rotatable bonds is 4. The number of hydrogen-bond donors (Lipinski definition) is 1. The zero-order valence-electron chi connectivity index (χ0n) is 9.65. The molecule has 1 rings (SSSR count). The molecule has 2 N–H and O–H groups in total. The van der Waals surface area contributed by atoms with Gasteiger partial charge in [0.15, 0.2) is 0 Å². The van der Waals surface area contributed by atoms with Crippen molar-refractivity contribution >= 4 is 10.0 Å². The summed E-state index contributed by atoms with van der Waals surface area (Å²) < 4.78 is 25.5. The number of nitrogens with two attached hydrogens (primary N) is 1. The van der Waals surface area contributed by atoms with Gasteiger partial charge in [0.2, 0.25) is 10.0 Å². The lowest BCUT2D eigenvalue weighted by Gasteiger charge is -2.32. The average molecular weight is 234 g/mol. The third-order valence-corrected chi connectivity index (χ3v) is 5.65. The molecule has 15 heavy (non-hydrogen) atoms. The Morgan fingerprint density at radius 1 is 1.40 bits per heavy atom. The van der Waals surface area contributed by atoms with E-state index in [2.05, 4.69) is 6.92 Å². The van der Waals surface area contributed by atoms with Gasteiger partial charge in [0.25, 0.3) is 0 Å². The minimum Gasteiger partial charge on any atom is -0.329 e. The van der Waals surface area contributed by atoms with Crippen LogP contribution in [-0.2, 0) is 10.0 Å². The van der Waals surface area contributed by atoms with E-state index in [0.29, 0.717) is 19.0 Å². The lowest BCUT2D eigenvalue weighted by molar-refractivity contribution is 0.267. The van der Waals surface area contributed by atoms with Crippen LogP contribution in [0.15, 0.2) is 0 Å². The third kappa shape index (κ3) is 2.92. The van der Waals surface area contributed by atoms with Crippen molar-refractivity contribution in [2.75, 3.05) is 19.6 Å². The Bertz CT molecular complexity index is 282. The van der Waals surface area contributed by atoms with Crippen molar-refractivity contribution < 1.29 is 8.42 Å². The molecule has 0 aromatic carbocycles. The van der Waals surface area contributed by atoms with E-state index in [4.69, 9.17) is 5.73 Å². The quantitative estimate of drug-likeness (QED) is 0.782. The Morgan fingerprint density at radius 3 is 2.33 bits per heavy atom. The summed E-state index contributed by atoms with van der Waals surface area (Å²) in [6, 6.07) is 0. The number of sulfonamides is 1. The largest absolute Gasteiger partial charge is 0.329 e. The smallest absolute Gasteiger partial charge is 0.217 e. The molecule has 5 heteroatoms. The van der Waals surface area contributed by atoms with Gasteiger partial charge in [-0.2, -0.15) is 0 Å². The Hall–Kier alpha value is -0.130. The molecule has 0 aromatic rings. The van der Waals surface area contributed by atoms with Crippen molar-refractivity contribution in [2.24, 2.45) is 11.7 Å². The van der Waals surface area contributed by atoms with Crippen LogP contribution in [-0.4, -0.2) is 37.6 Å². The van der Waals surface area contributed by atoms with E-state index in [0.717, 1.165) is 19.3 Å². The first kappa shape index (κ1) is 12.9. The predicted molar refractivity (Wildman–Crippen MR) is 62.0 cm³/mol. The first-order valence-electron chi connectivity index (χ1n) is 5.71. The molecule has 0 aliphatic carbocycles. The maximum atomic E-state index is 12.0. The molecular formula is C10H22N2O2S. The molecule has 1 aliphatic rings. The summed E-state index contributed by atoms with van der Waals surface area (Å²) in [6.07, 6.45) is 3.14. The van der Waals surface area contributed by atoms with Gasteiger partial charge < -0.3 is 5.73 Å². The molecule has 0 spiro atoms. The summed E-state index contributed by atoms with van der Waals surface area (Å²) in [7, 11) is -3.14. The second kappa shape index (κ2) is 5.27. The second-order valence-corrected chi connectivity index (χ2v) is 6.69. The standard InChI is InChI=1S/C10H22N2O2S/c1-3-10-4-6-12(7-5-10)15(13,14)9(2)8-11/h9-10H,3-8,11H2,1-2H3. The monoisotopic (exact) mass is 234 g/mol. The van der Waals surface area contributed by atoms with Gasteiger partial charge in [-0.05, 0) is 25.7 Å². The van der Waals surface area contributed by atoms with Crippen molar-refractivity contribution in [1.29, 1.82) is 0 Å². The van der Waals surface area contributed by atoms with Gasteiger partial charge in [0, 0.05) is 19.6 Å². The van der Waals surface area contributed by atoms with Crippen LogP contribution in [0.3, 0.4) is 0 Å². The summed E-state index contributed by atoms with van der Waals surface area (Å²) in [5.74, 6) is 0.699. The summed E-state index contributed by atoms with van der Waals surface area (Å²) in [4.78, 5) is 0. The van der Waals surface area contributed by atoms with Crippen molar-refractivity contribution in [2.45, 2.75) is 38.4 Å². The fraction of sp³-hybridized carbons (Fsp3) is 1.00. The number of piperidine rings is 1. The van der Waals surface area contributed by atoms with E-state index in [-0.39, 0.29) is 6.54 Å². The van der Waals surface area contributed by atoms with Gasteiger partial charge in [0.1, 0.15) is 0 Å². The Labute approximate surface area is 92.9 Å². The van der Waals surface area contributed by atoms with Crippen LogP contribution in [0.4, 0.5) is 0 Å². The van der Waals surface area contributed by atoms with Crippen molar-refractivity contribution in [3.8, 4) is 0 Å². The van der Waals surface area contributed by atoms with Crippen LogP contribution < -0.4 is 5.73 Å². The molecule has 1 fully saturated rings. The second-order valence-electron chi connectivity index (χ2n) is 4.34. The highest BCUT2D eigenvalue weighted by atomic mass is 32.2. The van der Waals surface area contributed by atoms with Gasteiger partial charge in [-0.1, -0.05) is 13.3 Å². The van der Waals surface area contributed by atoms with E-state index < -0.39 is 15.3 Å². The maximum absolute atomic E-state index is 12.0. The molecule has 0 bridgehead atoms. The third-order valence-electron chi connectivity index (χ3n) is 3.35. The molecule has 1 atom stereocenters. The summed E-state index contributed by atoms with van der Waals surface area (Å²) in [5, 5.41) is -0.448. The first-order chi connectivity index (χ1) is 7.02. The fourth-order valence-electron chi connectivity index (χ4n) is 1.95. The van der Waals surface area contributed by atoms with E-state index in [1.165, 1.54) is 0 Å². The topological polar surface area (TPSA) is 63.4 Å². The van der Waals surface area contributed by atoms with Crippen LogP contribution in [0.2, 0.25) is 0 Å². The molecule has 1 saturated heterocycles. The zero-order chi connectivity index (χ0) is 11.5. The Kier molecular flexibility index (Phi) is 4.55. The van der Waals surface area contributed by atoms with Crippen LogP contribution in [0, 0.1) is 5.92 Å². The van der Waals surface area contributed by atoms with Crippen molar-refractivity contribution in [3.63, 3.8) is 0 Å². The first-order valence-corrected chi connectivity index (χ1v) is 7.21. The minimum atomic E-state index is -3.14. The minimum absolute atomic E-state index is 0.204. The highest BCUT2D eigenvalue weighted by Crippen LogP contribution is 2.23.